The molecule has 1 heterocycles. The smallest absolute Gasteiger partial charge is 0.243 e. The largest absolute Gasteiger partial charge is 0.326 e. The number of nitrogens with two attached hydrogens (primary N) is 1. The van der Waals surface area contributed by atoms with Crippen LogP contribution in [0.3, 0.4) is 0 Å². The lowest BCUT2D eigenvalue weighted by molar-refractivity contribution is 0.416. The summed E-state index contributed by atoms with van der Waals surface area (Å²) in [6.07, 6.45) is 3.00. The highest BCUT2D eigenvalue weighted by molar-refractivity contribution is 7.89. The van der Waals surface area contributed by atoms with Crippen LogP contribution >= 0.6 is 0 Å². The molecule has 2 N–H and O–H groups in total. The van der Waals surface area contributed by atoms with E-state index < -0.39 is 10.0 Å². The maximum atomic E-state index is 12.8. The number of rotatable bonds is 3. The van der Waals surface area contributed by atoms with Gasteiger partial charge >= 0.3 is 0 Å². The van der Waals surface area contributed by atoms with Gasteiger partial charge in [-0.15, -0.1) is 0 Å². The molecule has 1 aliphatic rings. The molecule has 1 aromatic rings. The number of sulfonamides is 1. The van der Waals surface area contributed by atoms with Crippen LogP contribution in [0.15, 0.2) is 23.1 Å². The first-order chi connectivity index (χ1) is 9.45. The van der Waals surface area contributed by atoms with E-state index in [1.54, 1.807) is 16.4 Å². The first-order valence-electron chi connectivity index (χ1n) is 7.25. The van der Waals surface area contributed by atoms with Crippen LogP contribution in [0.25, 0.3) is 0 Å². The summed E-state index contributed by atoms with van der Waals surface area (Å²) < 4.78 is 27.2. The number of hydrogen-bond donors (Lipinski definition) is 1. The molecule has 20 heavy (non-hydrogen) atoms. The zero-order valence-corrected chi connectivity index (χ0v) is 13.1. The lowest BCUT2D eigenvalue weighted by Crippen LogP contribution is -2.32. The van der Waals surface area contributed by atoms with Crippen molar-refractivity contribution in [3.05, 3.63) is 29.3 Å². The second kappa shape index (κ2) is 6.24. The molecule has 0 saturated carbocycles. The molecule has 1 aromatic carbocycles. The van der Waals surface area contributed by atoms with Crippen LogP contribution in [0, 0.1) is 12.8 Å². The lowest BCUT2D eigenvalue weighted by atomic mass is 10.0. The van der Waals surface area contributed by atoms with Crippen molar-refractivity contribution in [2.24, 2.45) is 11.7 Å². The number of aryl methyl sites for hydroxylation is 1. The predicted octanol–water partition coefficient (Wildman–Crippen LogP) is 2.26. The highest BCUT2D eigenvalue weighted by Crippen LogP contribution is 2.25. The Bertz CT molecular complexity index is 569. The molecule has 0 spiro atoms. The quantitative estimate of drug-likeness (QED) is 0.930. The van der Waals surface area contributed by atoms with E-state index in [-0.39, 0.29) is 0 Å². The first kappa shape index (κ1) is 15.5. The standard InChI is InChI=1S/C15H24N2O2S/c1-12-4-3-8-17(9-7-12)20(18,19)15-6-5-14(11-16)10-13(15)2/h5-6,10,12H,3-4,7-9,11,16H2,1-2H3. The lowest BCUT2D eigenvalue weighted by Gasteiger charge is -2.21. The fraction of sp³-hybridized carbons (Fsp3) is 0.600. The third-order valence-electron chi connectivity index (χ3n) is 4.07. The van der Waals surface area contributed by atoms with E-state index >= 15 is 0 Å². The highest BCUT2D eigenvalue weighted by Gasteiger charge is 2.27. The molecule has 112 valence electrons. The average Bonchev–Trinajstić information content (AvgIpc) is 2.63. The fourth-order valence-electron chi connectivity index (χ4n) is 2.74. The van der Waals surface area contributed by atoms with Crippen LogP contribution in [0.5, 0.6) is 0 Å². The van der Waals surface area contributed by atoms with Crippen LogP contribution in [0.2, 0.25) is 0 Å². The summed E-state index contributed by atoms with van der Waals surface area (Å²) in [6, 6.07) is 5.37. The third kappa shape index (κ3) is 3.22. The van der Waals surface area contributed by atoms with Gasteiger partial charge < -0.3 is 5.73 Å². The van der Waals surface area contributed by atoms with Crippen LogP contribution in [-0.4, -0.2) is 25.8 Å². The van der Waals surface area contributed by atoms with Gasteiger partial charge in [0.05, 0.1) is 4.90 Å². The minimum Gasteiger partial charge on any atom is -0.326 e. The maximum absolute atomic E-state index is 12.8. The van der Waals surface area contributed by atoms with Gasteiger partial charge in [0.15, 0.2) is 0 Å². The molecule has 0 bridgehead atoms. The summed E-state index contributed by atoms with van der Waals surface area (Å²) in [5.74, 6) is 0.607. The van der Waals surface area contributed by atoms with Gasteiger partial charge in [-0.3, -0.25) is 0 Å². The zero-order chi connectivity index (χ0) is 14.8. The molecule has 5 heteroatoms. The van der Waals surface area contributed by atoms with Crippen LogP contribution in [0.1, 0.15) is 37.3 Å². The summed E-state index contributed by atoms with van der Waals surface area (Å²) in [5, 5.41) is 0. The van der Waals surface area contributed by atoms with Crippen molar-refractivity contribution in [2.45, 2.75) is 44.6 Å². The van der Waals surface area contributed by atoms with Gasteiger partial charge in [0, 0.05) is 19.6 Å². The van der Waals surface area contributed by atoms with E-state index in [2.05, 4.69) is 6.92 Å². The van der Waals surface area contributed by atoms with Gasteiger partial charge in [0.2, 0.25) is 10.0 Å². The van der Waals surface area contributed by atoms with E-state index in [9.17, 15) is 8.42 Å². The van der Waals surface area contributed by atoms with Gasteiger partial charge in [0.25, 0.3) is 0 Å². The summed E-state index contributed by atoms with van der Waals surface area (Å²) >= 11 is 0. The molecule has 1 saturated heterocycles. The Labute approximate surface area is 122 Å². The Morgan fingerprint density at radius 2 is 2.05 bits per heavy atom. The van der Waals surface area contributed by atoms with E-state index in [4.69, 9.17) is 5.73 Å². The van der Waals surface area contributed by atoms with Gasteiger partial charge in [-0.2, -0.15) is 4.31 Å². The van der Waals surface area contributed by atoms with Gasteiger partial charge in [-0.1, -0.05) is 19.1 Å². The van der Waals surface area contributed by atoms with Crippen molar-refractivity contribution < 1.29 is 8.42 Å². The van der Waals surface area contributed by atoms with Gasteiger partial charge in [-0.05, 0) is 49.3 Å². The zero-order valence-electron chi connectivity index (χ0n) is 12.3. The van der Waals surface area contributed by atoms with Crippen LogP contribution < -0.4 is 5.73 Å². The number of hydrogen-bond acceptors (Lipinski definition) is 3. The van der Waals surface area contributed by atoms with Gasteiger partial charge in [-0.25, -0.2) is 8.42 Å². The summed E-state index contributed by atoms with van der Waals surface area (Å²) in [5.41, 5.74) is 7.34. The molecule has 1 fully saturated rings. The van der Waals surface area contributed by atoms with E-state index in [1.165, 1.54) is 0 Å². The van der Waals surface area contributed by atoms with Crippen molar-refractivity contribution in [1.29, 1.82) is 0 Å². The van der Waals surface area contributed by atoms with E-state index in [1.807, 2.05) is 13.0 Å². The first-order valence-corrected chi connectivity index (χ1v) is 8.69. The fourth-order valence-corrected chi connectivity index (χ4v) is 4.44. The summed E-state index contributed by atoms with van der Waals surface area (Å²) in [7, 11) is -3.37. The molecule has 0 aromatic heterocycles. The molecule has 0 aliphatic carbocycles. The minimum absolute atomic E-state index is 0.421. The number of benzene rings is 1. The van der Waals surface area contributed by atoms with E-state index in [0.29, 0.717) is 30.4 Å². The third-order valence-corrected chi connectivity index (χ3v) is 6.13. The van der Waals surface area contributed by atoms with Crippen molar-refractivity contribution >= 4 is 10.0 Å². The molecule has 4 nitrogen and oxygen atoms in total. The summed E-state index contributed by atoms with van der Waals surface area (Å²) in [6.45, 7) is 5.72. The molecule has 1 atom stereocenters. The van der Waals surface area contributed by atoms with E-state index in [0.717, 1.165) is 30.4 Å². The Morgan fingerprint density at radius 1 is 1.30 bits per heavy atom. The molecular weight excluding hydrogens is 272 g/mol. The topological polar surface area (TPSA) is 63.4 Å². The molecule has 0 amide bonds. The molecular formula is C15H24N2O2S. The Hall–Kier alpha value is -0.910. The Kier molecular flexibility index (Phi) is 4.83. The highest BCUT2D eigenvalue weighted by atomic mass is 32.2. The Morgan fingerprint density at radius 3 is 2.70 bits per heavy atom. The van der Waals surface area contributed by atoms with Crippen molar-refractivity contribution in [1.82, 2.24) is 4.31 Å². The van der Waals surface area contributed by atoms with Gasteiger partial charge in [0.1, 0.15) is 0 Å². The second-order valence-corrected chi connectivity index (χ2v) is 7.65. The van der Waals surface area contributed by atoms with Crippen LogP contribution in [0.4, 0.5) is 0 Å². The van der Waals surface area contributed by atoms with Crippen LogP contribution in [-0.2, 0) is 16.6 Å². The van der Waals surface area contributed by atoms with Crippen molar-refractivity contribution in [3.8, 4) is 0 Å². The average molecular weight is 296 g/mol. The summed E-state index contributed by atoms with van der Waals surface area (Å²) in [4.78, 5) is 0.421. The van der Waals surface area contributed by atoms with Crippen molar-refractivity contribution in [2.75, 3.05) is 13.1 Å². The maximum Gasteiger partial charge on any atom is 0.243 e. The Balaban J connectivity index is 2.30. The number of nitrogens with zero attached hydrogens (tertiary/aromatic N) is 1. The minimum atomic E-state index is -3.37. The monoisotopic (exact) mass is 296 g/mol. The second-order valence-electron chi connectivity index (χ2n) is 5.74. The molecule has 1 aliphatic heterocycles. The molecule has 1 unspecified atom stereocenters. The predicted molar refractivity (Wildman–Crippen MR) is 80.8 cm³/mol. The SMILES string of the molecule is Cc1cc(CN)ccc1S(=O)(=O)N1CCCC(C)CC1. The van der Waals surface area contributed by atoms with Crippen molar-refractivity contribution in [3.63, 3.8) is 0 Å². The molecule has 2 rings (SSSR count). The normalized spacial score (nSPS) is 21.6. The molecule has 0 radical (unpaired) electrons.